The number of ether oxygens (including phenoxy) is 1. The fraction of sp³-hybridized carbons (Fsp3) is 0.917. The molecule has 2 unspecified atom stereocenters. The van der Waals surface area contributed by atoms with Crippen LogP contribution in [0.1, 0.15) is 13.3 Å². The molecule has 0 aromatic carbocycles. The van der Waals surface area contributed by atoms with Crippen LogP contribution in [0.3, 0.4) is 0 Å². The summed E-state index contributed by atoms with van der Waals surface area (Å²) in [6.07, 6.45) is 1.30. The van der Waals surface area contributed by atoms with Crippen LogP contribution in [0.4, 0.5) is 0 Å². The molecule has 1 amide bonds. The van der Waals surface area contributed by atoms with Crippen LogP contribution in [0, 0.1) is 5.92 Å². The molecule has 5 nitrogen and oxygen atoms in total. The van der Waals surface area contributed by atoms with Gasteiger partial charge in [-0.25, -0.2) is 0 Å². The molecule has 0 bridgehead atoms. The van der Waals surface area contributed by atoms with Gasteiger partial charge in [0.2, 0.25) is 5.91 Å². The van der Waals surface area contributed by atoms with Gasteiger partial charge in [0, 0.05) is 19.6 Å². The van der Waals surface area contributed by atoms with E-state index < -0.39 is 0 Å². The van der Waals surface area contributed by atoms with Crippen molar-refractivity contribution in [2.45, 2.75) is 19.4 Å². The fourth-order valence-electron chi connectivity index (χ4n) is 2.59. The molecule has 98 valence electrons. The lowest BCUT2D eigenvalue weighted by molar-refractivity contribution is -0.139. The van der Waals surface area contributed by atoms with Crippen molar-refractivity contribution in [3.63, 3.8) is 0 Å². The van der Waals surface area contributed by atoms with Gasteiger partial charge in [-0.3, -0.25) is 9.69 Å². The van der Waals surface area contributed by atoms with Crippen LogP contribution in [-0.2, 0) is 9.53 Å². The summed E-state index contributed by atoms with van der Waals surface area (Å²) in [6.45, 7) is 7.40. The molecule has 0 spiro atoms. The number of carbonyl (C=O) groups is 1. The Bertz CT molecular complexity index is 272. The summed E-state index contributed by atoms with van der Waals surface area (Å²) in [5.41, 5.74) is 5.65. The van der Waals surface area contributed by atoms with Crippen molar-refractivity contribution in [2.24, 2.45) is 11.7 Å². The van der Waals surface area contributed by atoms with Crippen LogP contribution >= 0.6 is 0 Å². The lowest BCUT2D eigenvalue weighted by Crippen LogP contribution is -2.48. The summed E-state index contributed by atoms with van der Waals surface area (Å²) in [5.74, 6) is 0.809. The van der Waals surface area contributed by atoms with Crippen molar-refractivity contribution in [3.8, 4) is 0 Å². The molecule has 2 rings (SSSR count). The molecule has 5 heteroatoms. The summed E-state index contributed by atoms with van der Waals surface area (Å²) >= 11 is 0. The predicted octanol–water partition coefficient (Wildman–Crippen LogP) is -0.486. The van der Waals surface area contributed by atoms with Gasteiger partial charge in [0.15, 0.2) is 0 Å². The number of nitrogens with two attached hydrogens (primary N) is 1. The van der Waals surface area contributed by atoms with Crippen molar-refractivity contribution in [3.05, 3.63) is 0 Å². The van der Waals surface area contributed by atoms with E-state index in [1.165, 1.54) is 0 Å². The smallest absolute Gasteiger partial charge is 0.236 e. The second kappa shape index (κ2) is 5.80. The van der Waals surface area contributed by atoms with Crippen LogP contribution in [0.15, 0.2) is 0 Å². The maximum Gasteiger partial charge on any atom is 0.236 e. The van der Waals surface area contributed by atoms with Crippen molar-refractivity contribution >= 4 is 5.91 Å². The Hall–Kier alpha value is -0.650. The van der Waals surface area contributed by atoms with Gasteiger partial charge in [0.25, 0.3) is 0 Å². The Morgan fingerprint density at radius 2 is 2.24 bits per heavy atom. The van der Waals surface area contributed by atoms with Crippen LogP contribution in [0.2, 0.25) is 0 Å². The Kier molecular flexibility index (Phi) is 4.36. The highest BCUT2D eigenvalue weighted by molar-refractivity contribution is 5.78. The molecule has 2 aliphatic rings. The van der Waals surface area contributed by atoms with E-state index >= 15 is 0 Å². The number of hydrogen-bond donors (Lipinski definition) is 1. The summed E-state index contributed by atoms with van der Waals surface area (Å²) in [5, 5.41) is 0. The summed E-state index contributed by atoms with van der Waals surface area (Å²) < 4.78 is 5.44. The molecular weight excluding hydrogens is 218 g/mol. The first-order valence-corrected chi connectivity index (χ1v) is 6.51. The number of nitrogens with zero attached hydrogens (tertiary/aromatic N) is 2. The molecule has 17 heavy (non-hydrogen) atoms. The average molecular weight is 241 g/mol. The van der Waals surface area contributed by atoms with Crippen LogP contribution < -0.4 is 5.73 Å². The molecule has 0 radical (unpaired) electrons. The van der Waals surface area contributed by atoms with Gasteiger partial charge < -0.3 is 15.4 Å². The second-order valence-electron chi connectivity index (χ2n) is 5.15. The second-order valence-corrected chi connectivity index (χ2v) is 5.15. The monoisotopic (exact) mass is 241 g/mol. The van der Waals surface area contributed by atoms with Crippen molar-refractivity contribution in [1.82, 2.24) is 9.80 Å². The third kappa shape index (κ3) is 3.40. The molecule has 0 aromatic rings. The van der Waals surface area contributed by atoms with Crippen LogP contribution in [0.25, 0.3) is 0 Å². The fourth-order valence-corrected chi connectivity index (χ4v) is 2.59. The molecule has 0 saturated carbocycles. The number of morpholine rings is 1. The molecule has 0 aliphatic carbocycles. The minimum absolute atomic E-state index is 0.170. The van der Waals surface area contributed by atoms with Gasteiger partial charge in [0.05, 0.1) is 19.3 Å². The van der Waals surface area contributed by atoms with Gasteiger partial charge in [0.1, 0.15) is 0 Å². The largest absolute Gasteiger partial charge is 0.375 e. The Morgan fingerprint density at radius 1 is 1.41 bits per heavy atom. The number of hydrogen-bond acceptors (Lipinski definition) is 4. The van der Waals surface area contributed by atoms with E-state index in [0.29, 0.717) is 19.1 Å². The molecule has 2 heterocycles. The minimum Gasteiger partial charge on any atom is -0.375 e. The maximum atomic E-state index is 12.1. The van der Waals surface area contributed by atoms with Gasteiger partial charge in [-0.1, -0.05) is 0 Å². The Morgan fingerprint density at radius 3 is 2.88 bits per heavy atom. The normalized spacial score (nSPS) is 30.8. The maximum absolute atomic E-state index is 12.1. The number of rotatable bonds is 3. The van der Waals surface area contributed by atoms with Gasteiger partial charge in [-0.15, -0.1) is 0 Å². The molecule has 2 aliphatic heterocycles. The minimum atomic E-state index is 0.170. The zero-order valence-corrected chi connectivity index (χ0v) is 10.6. The summed E-state index contributed by atoms with van der Waals surface area (Å²) in [7, 11) is 0. The van der Waals surface area contributed by atoms with E-state index in [9.17, 15) is 4.79 Å². The van der Waals surface area contributed by atoms with Crippen LogP contribution in [0.5, 0.6) is 0 Å². The van der Waals surface area contributed by atoms with E-state index in [4.69, 9.17) is 10.5 Å². The van der Waals surface area contributed by atoms with Crippen molar-refractivity contribution in [2.75, 3.05) is 45.9 Å². The third-order valence-electron chi connectivity index (χ3n) is 3.66. The van der Waals surface area contributed by atoms with E-state index in [-0.39, 0.29) is 12.0 Å². The summed E-state index contributed by atoms with van der Waals surface area (Å²) in [6, 6.07) is 0. The van der Waals surface area contributed by atoms with Gasteiger partial charge >= 0.3 is 0 Å². The van der Waals surface area contributed by atoms with E-state index in [0.717, 1.165) is 39.1 Å². The SMILES string of the molecule is CC1CN(C(=O)CN2CCC(CN)C2)CCO1. The zero-order valence-electron chi connectivity index (χ0n) is 10.6. The number of likely N-dealkylation sites (tertiary alicyclic amines) is 1. The predicted molar refractivity (Wildman–Crippen MR) is 65.6 cm³/mol. The van der Waals surface area contributed by atoms with E-state index in [2.05, 4.69) is 4.90 Å². The summed E-state index contributed by atoms with van der Waals surface area (Å²) in [4.78, 5) is 16.2. The topological polar surface area (TPSA) is 58.8 Å². The first kappa shape index (κ1) is 12.8. The number of amides is 1. The van der Waals surface area contributed by atoms with E-state index in [1.54, 1.807) is 0 Å². The Labute approximate surface area is 103 Å². The molecule has 2 N–H and O–H groups in total. The van der Waals surface area contributed by atoms with E-state index in [1.807, 2.05) is 11.8 Å². The first-order chi connectivity index (χ1) is 8.19. The quantitative estimate of drug-likeness (QED) is 0.724. The molecule has 0 aromatic heterocycles. The van der Waals surface area contributed by atoms with Crippen LogP contribution in [-0.4, -0.2) is 67.7 Å². The molecular formula is C12H23N3O2. The number of carbonyl (C=O) groups excluding carboxylic acids is 1. The standard InChI is InChI=1S/C12H23N3O2/c1-10-7-15(4-5-17-10)12(16)9-14-3-2-11(6-13)8-14/h10-11H,2-9,13H2,1H3. The third-order valence-corrected chi connectivity index (χ3v) is 3.66. The molecule has 2 fully saturated rings. The van der Waals surface area contributed by atoms with Gasteiger partial charge in [-0.2, -0.15) is 0 Å². The Balaban J connectivity index is 1.77. The highest BCUT2D eigenvalue weighted by atomic mass is 16.5. The highest BCUT2D eigenvalue weighted by Crippen LogP contribution is 2.15. The van der Waals surface area contributed by atoms with Crippen molar-refractivity contribution < 1.29 is 9.53 Å². The highest BCUT2D eigenvalue weighted by Gasteiger charge is 2.26. The molecule has 2 saturated heterocycles. The lowest BCUT2D eigenvalue weighted by atomic mass is 10.1. The van der Waals surface area contributed by atoms with Gasteiger partial charge in [-0.05, 0) is 32.4 Å². The average Bonchev–Trinajstić information content (AvgIpc) is 2.77. The zero-order chi connectivity index (χ0) is 12.3. The first-order valence-electron chi connectivity index (χ1n) is 6.51. The lowest BCUT2D eigenvalue weighted by Gasteiger charge is -2.32. The molecule has 2 atom stereocenters. The van der Waals surface area contributed by atoms with Crippen molar-refractivity contribution in [1.29, 1.82) is 0 Å².